The summed E-state index contributed by atoms with van der Waals surface area (Å²) in [6.07, 6.45) is 1.85. The maximum absolute atomic E-state index is 11.7. The third-order valence-corrected chi connectivity index (χ3v) is 2.51. The fourth-order valence-electron chi connectivity index (χ4n) is 1.74. The molecule has 1 unspecified atom stereocenters. The van der Waals surface area contributed by atoms with Gasteiger partial charge >= 0.3 is 0 Å². The van der Waals surface area contributed by atoms with Crippen molar-refractivity contribution >= 4 is 17.7 Å². The molecule has 2 rings (SSSR count). The predicted octanol–water partition coefficient (Wildman–Crippen LogP) is 0.722. The maximum Gasteiger partial charge on any atom is 0.234 e. The van der Waals surface area contributed by atoms with Crippen LogP contribution in [0.5, 0.6) is 0 Å². The monoisotopic (exact) mass is 233 g/mol. The highest BCUT2D eigenvalue weighted by atomic mass is 16.2. The van der Waals surface area contributed by atoms with Crippen molar-refractivity contribution in [2.45, 2.75) is 6.42 Å². The first-order valence-corrected chi connectivity index (χ1v) is 5.10. The molecule has 2 heterocycles. The van der Waals surface area contributed by atoms with E-state index in [0.29, 0.717) is 31.3 Å². The van der Waals surface area contributed by atoms with Crippen molar-refractivity contribution in [2.75, 3.05) is 23.7 Å². The van der Waals surface area contributed by atoms with Gasteiger partial charge in [0.15, 0.2) is 0 Å². The smallest absolute Gasteiger partial charge is 0.234 e. The van der Waals surface area contributed by atoms with Crippen LogP contribution in [0.1, 0.15) is 6.42 Å². The summed E-state index contributed by atoms with van der Waals surface area (Å²) >= 11 is 0. The molecule has 0 bridgehead atoms. The molecule has 1 aliphatic rings. The lowest BCUT2D eigenvalue weighted by Gasteiger charge is -2.13. The Balaban J connectivity index is 2.12. The van der Waals surface area contributed by atoms with Crippen LogP contribution in [-0.4, -0.2) is 29.0 Å². The molecular weight excluding hydrogens is 222 g/mol. The fourth-order valence-corrected chi connectivity index (χ4v) is 1.74. The molecule has 1 saturated heterocycles. The van der Waals surface area contributed by atoms with Crippen LogP contribution in [-0.2, 0) is 4.79 Å². The Hall–Kier alpha value is -2.34. The Labute approximate surface area is 97.1 Å². The molecular formula is C9H11N7O. The highest BCUT2D eigenvalue weighted by Crippen LogP contribution is 2.22. The lowest BCUT2D eigenvalue weighted by Crippen LogP contribution is -2.27. The average Bonchev–Trinajstić information content (AvgIpc) is 2.68. The molecule has 8 heteroatoms. The van der Waals surface area contributed by atoms with Gasteiger partial charge in [0, 0.05) is 30.6 Å². The summed E-state index contributed by atoms with van der Waals surface area (Å²) in [5.74, 6) is 0.567. The number of nitrogens with zero attached hydrogens (tertiary/aromatic N) is 6. The number of carbonyl (C=O) groups excluding carboxylic acids is 1. The van der Waals surface area contributed by atoms with Crippen LogP contribution >= 0.6 is 0 Å². The standard InChI is InChI=1S/C9H11N7O/c10-7-1-2-12-9(14-7)16-5-6(3-8(16)17)4-13-15-11/h1-2,6H,3-5H2,(H2,10,12,14). The summed E-state index contributed by atoms with van der Waals surface area (Å²) in [4.78, 5) is 23.9. The summed E-state index contributed by atoms with van der Waals surface area (Å²) in [6.45, 7) is 0.766. The zero-order valence-corrected chi connectivity index (χ0v) is 9.02. The van der Waals surface area contributed by atoms with Crippen LogP contribution in [0.4, 0.5) is 11.8 Å². The molecule has 0 aromatic carbocycles. The van der Waals surface area contributed by atoms with E-state index in [9.17, 15) is 4.79 Å². The number of nitrogens with two attached hydrogens (primary N) is 1. The van der Waals surface area contributed by atoms with Gasteiger partial charge in [-0.1, -0.05) is 5.11 Å². The van der Waals surface area contributed by atoms with Crippen LogP contribution in [0.25, 0.3) is 10.4 Å². The van der Waals surface area contributed by atoms with Gasteiger partial charge in [-0.05, 0) is 17.5 Å². The second-order valence-corrected chi connectivity index (χ2v) is 3.77. The van der Waals surface area contributed by atoms with E-state index in [1.165, 1.54) is 11.1 Å². The van der Waals surface area contributed by atoms with Crippen molar-refractivity contribution < 1.29 is 4.79 Å². The van der Waals surface area contributed by atoms with Gasteiger partial charge < -0.3 is 5.73 Å². The van der Waals surface area contributed by atoms with Crippen LogP contribution in [0, 0.1) is 5.92 Å². The molecule has 17 heavy (non-hydrogen) atoms. The van der Waals surface area contributed by atoms with Crippen molar-refractivity contribution in [3.8, 4) is 0 Å². The fraction of sp³-hybridized carbons (Fsp3) is 0.444. The molecule has 1 fully saturated rings. The topological polar surface area (TPSA) is 121 Å². The van der Waals surface area contributed by atoms with Crippen LogP contribution in [0.3, 0.4) is 0 Å². The third kappa shape index (κ3) is 2.43. The molecule has 0 saturated carbocycles. The number of azide groups is 1. The van der Waals surface area contributed by atoms with Gasteiger partial charge in [-0.25, -0.2) is 4.98 Å². The van der Waals surface area contributed by atoms with Crippen molar-refractivity contribution in [3.05, 3.63) is 22.7 Å². The lowest BCUT2D eigenvalue weighted by atomic mass is 10.1. The maximum atomic E-state index is 11.7. The summed E-state index contributed by atoms with van der Waals surface area (Å²) in [5.41, 5.74) is 13.8. The largest absolute Gasteiger partial charge is 0.384 e. The second-order valence-electron chi connectivity index (χ2n) is 3.77. The molecule has 0 spiro atoms. The molecule has 1 aromatic heterocycles. The number of anilines is 2. The highest BCUT2D eigenvalue weighted by molar-refractivity contribution is 5.94. The molecule has 0 radical (unpaired) electrons. The average molecular weight is 233 g/mol. The number of nitrogen functional groups attached to an aromatic ring is 1. The number of hydrogen-bond donors (Lipinski definition) is 1. The van der Waals surface area contributed by atoms with E-state index in [0.717, 1.165) is 0 Å². The molecule has 1 atom stereocenters. The molecule has 2 N–H and O–H groups in total. The Morgan fingerprint density at radius 2 is 2.53 bits per heavy atom. The highest BCUT2D eigenvalue weighted by Gasteiger charge is 2.31. The molecule has 88 valence electrons. The van der Waals surface area contributed by atoms with Gasteiger partial charge in [-0.15, -0.1) is 0 Å². The summed E-state index contributed by atoms with van der Waals surface area (Å²) < 4.78 is 0. The minimum Gasteiger partial charge on any atom is -0.384 e. The molecule has 0 aliphatic carbocycles. The van der Waals surface area contributed by atoms with E-state index in [1.807, 2.05) is 0 Å². The van der Waals surface area contributed by atoms with Gasteiger partial charge in [0.25, 0.3) is 0 Å². The predicted molar refractivity (Wildman–Crippen MR) is 60.9 cm³/mol. The molecule has 1 aromatic rings. The Morgan fingerprint density at radius 1 is 1.71 bits per heavy atom. The van der Waals surface area contributed by atoms with Crippen LogP contribution in [0.15, 0.2) is 17.4 Å². The van der Waals surface area contributed by atoms with E-state index in [2.05, 4.69) is 20.0 Å². The number of rotatable bonds is 3. The quantitative estimate of drug-likeness (QED) is 0.469. The van der Waals surface area contributed by atoms with Gasteiger partial charge in [0.1, 0.15) is 5.82 Å². The van der Waals surface area contributed by atoms with Crippen molar-refractivity contribution in [1.82, 2.24) is 9.97 Å². The number of hydrogen-bond acceptors (Lipinski definition) is 5. The van der Waals surface area contributed by atoms with Gasteiger partial charge in [0.2, 0.25) is 11.9 Å². The normalized spacial score (nSPS) is 19.2. The first-order chi connectivity index (χ1) is 8.20. The van der Waals surface area contributed by atoms with Crippen molar-refractivity contribution in [3.63, 3.8) is 0 Å². The molecule has 1 amide bonds. The van der Waals surface area contributed by atoms with Gasteiger partial charge in [-0.2, -0.15) is 4.98 Å². The summed E-state index contributed by atoms with van der Waals surface area (Å²) in [6, 6.07) is 1.56. The number of aromatic nitrogens is 2. The lowest BCUT2D eigenvalue weighted by molar-refractivity contribution is -0.117. The van der Waals surface area contributed by atoms with E-state index in [-0.39, 0.29) is 11.8 Å². The van der Waals surface area contributed by atoms with Crippen LogP contribution < -0.4 is 10.6 Å². The summed E-state index contributed by atoms with van der Waals surface area (Å²) in [5, 5.41) is 3.47. The minimum absolute atomic E-state index is 0.0171. The zero-order valence-electron chi connectivity index (χ0n) is 9.02. The first-order valence-electron chi connectivity index (χ1n) is 5.10. The third-order valence-electron chi connectivity index (χ3n) is 2.51. The van der Waals surface area contributed by atoms with E-state index >= 15 is 0 Å². The van der Waals surface area contributed by atoms with Crippen molar-refractivity contribution in [2.24, 2.45) is 11.0 Å². The number of amides is 1. The van der Waals surface area contributed by atoms with Gasteiger partial charge in [-0.3, -0.25) is 9.69 Å². The molecule has 1 aliphatic heterocycles. The minimum atomic E-state index is -0.0752. The van der Waals surface area contributed by atoms with Crippen molar-refractivity contribution in [1.29, 1.82) is 0 Å². The van der Waals surface area contributed by atoms with E-state index in [4.69, 9.17) is 11.3 Å². The second kappa shape index (κ2) is 4.67. The molecule has 8 nitrogen and oxygen atoms in total. The Morgan fingerprint density at radius 3 is 3.24 bits per heavy atom. The first kappa shape index (κ1) is 11.2. The summed E-state index contributed by atoms with van der Waals surface area (Å²) in [7, 11) is 0. The number of carbonyl (C=O) groups is 1. The van der Waals surface area contributed by atoms with Gasteiger partial charge in [0.05, 0.1) is 0 Å². The Bertz CT molecular complexity index is 482. The van der Waals surface area contributed by atoms with Crippen LogP contribution in [0.2, 0.25) is 0 Å². The SMILES string of the molecule is [N-]=[N+]=NCC1CC(=O)N(c2nccc(N)n2)C1. The zero-order chi connectivity index (χ0) is 12.3. The van der Waals surface area contributed by atoms with E-state index < -0.39 is 0 Å². The van der Waals surface area contributed by atoms with E-state index in [1.54, 1.807) is 6.07 Å². The Kier molecular flexibility index (Phi) is 3.06.